The van der Waals surface area contributed by atoms with Crippen LogP contribution in [0.25, 0.3) is 0 Å². The van der Waals surface area contributed by atoms with Gasteiger partial charge in [0.25, 0.3) is 0 Å². The molecule has 2 nitrogen and oxygen atoms in total. The molecule has 0 saturated heterocycles. The lowest BCUT2D eigenvalue weighted by atomic mass is 10.0. The number of hydrogen-bond donors (Lipinski definition) is 1. The average molecular weight is 244 g/mol. The number of unbranched alkanes of at least 4 members (excludes halogenated alkanes) is 4. The first kappa shape index (κ1) is 19.6. The van der Waals surface area contributed by atoms with Gasteiger partial charge in [-0.2, -0.15) is 0 Å². The second kappa shape index (κ2) is 13.1. The predicted molar refractivity (Wildman–Crippen MR) is 66.2 cm³/mol. The number of hydrogen-bond acceptors (Lipinski definition) is 1. The van der Waals surface area contributed by atoms with Gasteiger partial charge in [0.2, 0.25) is 5.91 Å². The molecule has 0 radical (unpaired) electrons. The predicted octanol–water partition coefficient (Wildman–Crippen LogP) is 3.31. The molecule has 0 saturated carbocycles. The van der Waals surface area contributed by atoms with Crippen LogP contribution in [0.2, 0.25) is 0 Å². The summed E-state index contributed by atoms with van der Waals surface area (Å²) < 4.78 is 0. The van der Waals surface area contributed by atoms with E-state index in [4.69, 9.17) is 5.73 Å². The van der Waals surface area contributed by atoms with Gasteiger partial charge in [0.1, 0.15) is 0 Å². The van der Waals surface area contributed by atoms with E-state index in [1.165, 1.54) is 25.7 Å². The van der Waals surface area contributed by atoms with Crippen LogP contribution < -0.4 is 5.73 Å². The smallest absolute Gasteiger partial charge is 0.220 e. The average Bonchev–Trinajstić information content (AvgIpc) is 2.03. The Balaban J connectivity index is -0.000000605. The van der Waals surface area contributed by atoms with Crippen LogP contribution in [-0.2, 0) is 4.79 Å². The summed E-state index contributed by atoms with van der Waals surface area (Å²) >= 11 is 0. The number of amides is 1. The minimum Gasteiger partial charge on any atom is -0.369 e. The molecule has 0 rings (SSSR count). The molecule has 1 amide bonds. The largest absolute Gasteiger partial charge is 0.369 e. The lowest BCUT2D eigenvalue weighted by molar-refractivity contribution is -0.121. The Morgan fingerprint density at radius 2 is 1.64 bits per heavy atom. The van der Waals surface area contributed by atoms with Crippen molar-refractivity contribution in [2.75, 3.05) is 0 Å². The van der Waals surface area contributed by atoms with Gasteiger partial charge in [-0.1, -0.05) is 46.0 Å². The summed E-state index contributed by atoms with van der Waals surface area (Å²) in [4.78, 5) is 10.6. The standard InChI is InChI=1S/C10H21NO.2ClH/c1-3-4-5-6-7-8-9(2)10(11)12;;/h9H,3-8H2,1-2H3,(H2,11,12);2*1H. The van der Waals surface area contributed by atoms with Crippen molar-refractivity contribution in [3.8, 4) is 0 Å². The van der Waals surface area contributed by atoms with Crippen LogP contribution >= 0.6 is 24.8 Å². The molecule has 14 heavy (non-hydrogen) atoms. The Kier molecular flexibility index (Phi) is 18.3. The van der Waals surface area contributed by atoms with Crippen LogP contribution in [0.1, 0.15) is 52.4 Å². The van der Waals surface area contributed by atoms with Gasteiger partial charge in [0.05, 0.1) is 0 Å². The zero-order chi connectivity index (χ0) is 9.40. The van der Waals surface area contributed by atoms with Crippen molar-refractivity contribution in [2.45, 2.75) is 52.4 Å². The van der Waals surface area contributed by atoms with Crippen molar-refractivity contribution < 1.29 is 4.79 Å². The van der Waals surface area contributed by atoms with Crippen LogP contribution in [0.3, 0.4) is 0 Å². The number of primary amides is 1. The summed E-state index contributed by atoms with van der Waals surface area (Å²) in [5.74, 6) is -0.0999. The van der Waals surface area contributed by atoms with Crippen molar-refractivity contribution in [3.63, 3.8) is 0 Å². The van der Waals surface area contributed by atoms with E-state index in [0.29, 0.717) is 0 Å². The third-order valence-corrected chi connectivity index (χ3v) is 2.23. The second-order valence-corrected chi connectivity index (χ2v) is 3.51. The number of halogens is 2. The minimum absolute atomic E-state index is 0. The van der Waals surface area contributed by atoms with Crippen molar-refractivity contribution in [2.24, 2.45) is 11.7 Å². The van der Waals surface area contributed by atoms with Crippen molar-refractivity contribution >= 4 is 30.7 Å². The van der Waals surface area contributed by atoms with Gasteiger partial charge in [-0.3, -0.25) is 4.79 Å². The molecule has 0 aliphatic carbocycles. The molecular formula is C10H23Cl2NO. The molecule has 0 aromatic carbocycles. The van der Waals surface area contributed by atoms with Crippen LogP contribution in [0, 0.1) is 5.92 Å². The molecule has 1 atom stereocenters. The zero-order valence-electron chi connectivity index (χ0n) is 9.12. The van der Waals surface area contributed by atoms with E-state index in [0.717, 1.165) is 12.8 Å². The van der Waals surface area contributed by atoms with Crippen LogP contribution in [0.5, 0.6) is 0 Å². The zero-order valence-corrected chi connectivity index (χ0v) is 10.8. The summed E-state index contributed by atoms with van der Waals surface area (Å²) in [7, 11) is 0. The number of carbonyl (C=O) groups is 1. The highest BCUT2D eigenvalue weighted by molar-refractivity contribution is 5.85. The Hall–Kier alpha value is 0.0500. The molecule has 0 aliphatic heterocycles. The lowest BCUT2D eigenvalue weighted by Gasteiger charge is -2.05. The van der Waals surface area contributed by atoms with Crippen molar-refractivity contribution in [3.05, 3.63) is 0 Å². The first-order chi connectivity index (χ1) is 5.68. The molecule has 0 aromatic heterocycles. The molecular weight excluding hydrogens is 221 g/mol. The summed E-state index contributed by atoms with van der Waals surface area (Å²) in [6.07, 6.45) is 7.22. The fourth-order valence-electron chi connectivity index (χ4n) is 1.20. The molecule has 2 N–H and O–H groups in total. The van der Waals surface area contributed by atoms with E-state index in [-0.39, 0.29) is 36.6 Å². The number of rotatable bonds is 7. The summed E-state index contributed by atoms with van der Waals surface area (Å²) in [6, 6.07) is 0. The molecule has 88 valence electrons. The number of nitrogens with two attached hydrogens (primary N) is 1. The highest BCUT2D eigenvalue weighted by Crippen LogP contribution is 2.10. The van der Waals surface area contributed by atoms with Gasteiger partial charge >= 0.3 is 0 Å². The fraction of sp³-hybridized carbons (Fsp3) is 0.900. The Labute approximate surface area is 99.8 Å². The summed E-state index contributed by atoms with van der Waals surface area (Å²) in [6.45, 7) is 4.11. The summed E-state index contributed by atoms with van der Waals surface area (Å²) in [5, 5.41) is 0. The van der Waals surface area contributed by atoms with Gasteiger partial charge in [-0.05, 0) is 6.42 Å². The highest BCUT2D eigenvalue weighted by atomic mass is 35.5. The van der Waals surface area contributed by atoms with Gasteiger partial charge in [-0.25, -0.2) is 0 Å². The Morgan fingerprint density at radius 3 is 2.07 bits per heavy atom. The fourth-order valence-corrected chi connectivity index (χ4v) is 1.20. The van der Waals surface area contributed by atoms with E-state index >= 15 is 0 Å². The molecule has 0 heterocycles. The number of carbonyl (C=O) groups excluding carboxylic acids is 1. The van der Waals surface area contributed by atoms with E-state index in [1.807, 2.05) is 6.92 Å². The maximum absolute atomic E-state index is 10.6. The second-order valence-electron chi connectivity index (χ2n) is 3.51. The molecule has 0 spiro atoms. The normalized spacial score (nSPS) is 11.0. The minimum atomic E-state index is -0.162. The van der Waals surface area contributed by atoms with Gasteiger partial charge in [-0.15, -0.1) is 24.8 Å². The molecule has 4 heteroatoms. The Bertz CT molecular complexity index is 131. The molecule has 0 bridgehead atoms. The van der Waals surface area contributed by atoms with Crippen LogP contribution in [-0.4, -0.2) is 5.91 Å². The highest BCUT2D eigenvalue weighted by Gasteiger charge is 2.06. The third kappa shape index (κ3) is 12.0. The van der Waals surface area contributed by atoms with Gasteiger partial charge in [0, 0.05) is 5.92 Å². The van der Waals surface area contributed by atoms with Gasteiger partial charge in [0.15, 0.2) is 0 Å². The molecule has 0 aromatic rings. The lowest BCUT2D eigenvalue weighted by Crippen LogP contribution is -2.20. The quantitative estimate of drug-likeness (QED) is 0.686. The van der Waals surface area contributed by atoms with E-state index in [9.17, 15) is 4.79 Å². The molecule has 0 fully saturated rings. The first-order valence-corrected chi connectivity index (χ1v) is 4.97. The van der Waals surface area contributed by atoms with Gasteiger partial charge < -0.3 is 5.73 Å². The van der Waals surface area contributed by atoms with Crippen molar-refractivity contribution in [1.29, 1.82) is 0 Å². The first-order valence-electron chi connectivity index (χ1n) is 4.97. The maximum Gasteiger partial charge on any atom is 0.220 e. The summed E-state index contributed by atoms with van der Waals surface area (Å²) in [5.41, 5.74) is 5.14. The monoisotopic (exact) mass is 243 g/mol. The van der Waals surface area contributed by atoms with E-state index in [1.54, 1.807) is 0 Å². The van der Waals surface area contributed by atoms with E-state index in [2.05, 4.69) is 6.92 Å². The molecule has 0 aliphatic rings. The van der Waals surface area contributed by atoms with E-state index < -0.39 is 0 Å². The third-order valence-electron chi connectivity index (χ3n) is 2.23. The SMILES string of the molecule is CCCCCCCC(C)C(N)=O.Cl.Cl. The maximum atomic E-state index is 10.6. The Morgan fingerprint density at radius 1 is 1.14 bits per heavy atom. The van der Waals surface area contributed by atoms with Crippen LogP contribution in [0.15, 0.2) is 0 Å². The van der Waals surface area contributed by atoms with Crippen molar-refractivity contribution in [1.82, 2.24) is 0 Å². The van der Waals surface area contributed by atoms with Crippen LogP contribution in [0.4, 0.5) is 0 Å². The topological polar surface area (TPSA) is 43.1 Å². The molecule has 1 unspecified atom stereocenters.